The van der Waals surface area contributed by atoms with Gasteiger partial charge in [0.1, 0.15) is 43.4 Å². The first kappa shape index (κ1) is 21.3. The summed E-state index contributed by atoms with van der Waals surface area (Å²) in [4.78, 5) is 18.0. The van der Waals surface area contributed by atoms with Crippen LogP contribution in [0.5, 0.6) is 5.75 Å². The van der Waals surface area contributed by atoms with Crippen LogP contribution in [0.3, 0.4) is 0 Å². The average molecular weight is 452 g/mol. The standard InChI is InChI=1S/C18H14Cl2N4O2.HNO3/c19-14-6-5-12(7-15(14)20)8-26-23-18-13-3-1-2-4-17(13)25-9-16(18)24-11-21-10-22-24;2-1(3)4/h1-7,10-11,16H,8-9H2;(H,2,3,4)/b23-18+;. The van der Waals surface area contributed by atoms with Gasteiger partial charge in [0.2, 0.25) is 0 Å². The van der Waals surface area contributed by atoms with Crippen molar-refractivity contribution in [2.24, 2.45) is 5.16 Å². The topological polar surface area (TPSA) is 125 Å². The summed E-state index contributed by atoms with van der Waals surface area (Å²) in [5, 5.41) is 23.2. The quantitative estimate of drug-likeness (QED) is 0.472. The van der Waals surface area contributed by atoms with E-state index in [4.69, 9.17) is 48.1 Å². The molecule has 0 bridgehead atoms. The zero-order valence-corrected chi connectivity index (χ0v) is 16.8. The maximum Gasteiger partial charge on any atom is 0.291 e. The third kappa shape index (κ3) is 5.37. The minimum absolute atomic E-state index is 0.221. The molecule has 0 saturated heterocycles. The van der Waals surface area contributed by atoms with Crippen molar-refractivity contribution in [3.8, 4) is 5.75 Å². The lowest BCUT2D eigenvalue weighted by Gasteiger charge is -2.26. The van der Waals surface area contributed by atoms with Gasteiger partial charge in [-0.3, -0.25) is 0 Å². The summed E-state index contributed by atoms with van der Waals surface area (Å²) in [6.07, 6.45) is 3.12. The van der Waals surface area contributed by atoms with Gasteiger partial charge >= 0.3 is 0 Å². The van der Waals surface area contributed by atoms with Crippen molar-refractivity contribution >= 4 is 28.9 Å². The van der Waals surface area contributed by atoms with Crippen molar-refractivity contribution in [3.05, 3.63) is 86.4 Å². The van der Waals surface area contributed by atoms with E-state index in [1.807, 2.05) is 30.3 Å². The monoisotopic (exact) mass is 451 g/mol. The maximum absolute atomic E-state index is 8.36. The Kier molecular flexibility index (Phi) is 7.04. The van der Waals surface area contributed by atoms with E-state index in [0.717, 1.165) is 22.6 Å². The fourth-order valence-corrected chi connectivity index (χ4v) is 3.05. The summed E-state index contributed by atoms with van der Waals surface area (Å²) in [7, 11) is 0. The number of benzene rings is 2. The van der Waals surface area contributed by atoms with Crippen molar-refractivity contribution in [1.82, 2.24) is 14.8 Å². The number of para-hydroxylation sites is 1. The van der Waals surface area contributed by atoms with E-state index in [1.165, 1.54) is 6.33 Å². The molecule has 1 aromatic heterocycles. The molecular weight excluding hydrogens is 437 g/mol. The molecule has 0 radical (unpaired) electrons. The van der Waals surface area contributed by atoms with E-state index >= 15 is 0 Å². The van der Waals surface area contributed by atoms with Gasteiger partial charge in [0.15, 0.2) is 0 Å². The molecule has 1 N–H and O–H groups in total. The number of halogens is 2. The molecule has 4 rings (SSSR count). The highest BCUT2D eigenvalue weighted by atomic mass is 35.5. The Labute approximate surface area is 180 Å². The minimum Gasteiger partial charge on any atom is -0.490 e. The van der Waals surface area contributed by atoms with Crippen LogP contribution in [0.25, 0.3) is 0 Å². The van der Waals surface area contributed by atoms with Gasteiger partial charge in [0.25, 0.3) is 5.09 Å². The summed E-state index contributed by atoms with van der Waals surface area (Å²) in [6, 6.07) is 12.8. The van der Waals surface area contributed by atoms with Crippen LogP contribution in [0.15, 0.2) is 60.3 Å². The first-order valence-corrected chi connectivity index (χ1v) is 9.24. The van der Waals surface area contributed by atoms with Crippen LogP contribution in [0.2, 0.25) is 10.0 Å². The SMILES string of the molecule is Clc1ccc(CO/N=C2\c3ccccc3OCC2n2cncn2)cc1Cl.O=[N+]([O-])O. The molecule has 3 aromatic rings. The molecule has 156 valence electrons. The molecule has 0 fully saturated rings. The van der Waals surface area contributed by atoms with Crippen molar-refractivity contribution in [2.45, 2.75) is 12.6 Å². The second-order valence-electron chi connectivity index (χ2n) is 5.93. The zero-order valence-electron chi connectivity index (χ0n) is 15.3. The molecule has 1 atom stereocenters. The van der Waals surface area contributed by atoms with Gasteiger partial charge in [-0.05, 0) is 29.8 Å². The number of oxime groups is 1. The van der Waals surface area contributed by atoms with Crippen molar-refractivity contribution < 1.29 is 19.9 Å². The number of rotatable bonds is 4. The van der Waals surface area contributed by atoms with Crippen LogP contribution in [-0.2, 0) is 11.4 Å². The summed E-state index contributed by atoms with van der Waals surface area (Å²) < 4.78 is 7.53. The molecule has 0 amide bonds. The van der Waals surface area contributed by atoms with E-state index in [0.29, 0.717) is 16.7 Å². The fourth-order valence-electron chi connectivity index (χ4n) is 2.73. The van der Waals surface area contributed by atoms with Crippen LogP contribution in [0.1, 0.15) is 17.2 Å². The number of fused-ring (bicyclic) bond motifs is 1. The molecule has 10 nitrogen and oxygen atoms in total. The van der Waals surface area contributed by atoms with E-state index < -0.39 is 5.09 Å². The third-order valence-electron chi connectivity index (χ3n) is 4.01. The summed E-state index contributed by atoms with van der Waals surface area (Å²) >= 11 is 12.0. The second-order valence-corrected chi connectivity index (χ2v) is 6.75. The van der Waals surface area contributed by atoms with Crippen LogP contribution in [0, 0.1) is 10.1 Å². The molecule has 30 heavy (non-hydrogen) atoms. The average Bonchev–Trinajstić information content (AvgIpc) is 3.25. The largest absolute Gasteiger partial charge is 0.490 e. The molecule has 0 saturated carbocycles. The van der Waals surface area contributed by atoms with Crippen LogP contribution in [-0.4, -0.2) is 37.4 Å². The number of nitrogens with zero attached hydrogens (tertiary/aromatic N) is 5. The Bertz CT molecular complexity index is 1040. The van der Waals surface area contributed by atoms with Gasteiger partial charge in [-0.25, -0.2) is 9.67 Å². The zero-order chi connectivity index (χ0) is 21.5. The Morgan fingerprint density at radius 2 is 2.07 bits per heavy atom. The Hall–Kier alpha value is -3.37. The smallest absolute Gasteiger partial charge is 0.291 e. The lowest BCUT2D eigenvalue weighted by Crippen LogP contribution is -2.31. The van der Waals surface area contributed by atoms with Crippen LogP contribution < -0.4 is 4.74 Å². The third-order valence-corrected chi connectivity index (χ3v) is 4.75. The molecular formula is C18H15Cl2N5O5. The van der Waals surface area contributed by atoms with Crippen LogP contribution >= 0.6 is 23.2 Å². The van der Waals surface area contributed by atoms with Gasteiger partial charge in [0, 0.05) is 5.56 Å². The molecule has 2 aromatic carbocycles. The van der Waals surface area contributed by atoms with E-state index in [1.54, 1.807) is 23.1 Å². The van der Waals surface area contributed by atoms with E-state index in [2.05, 4.69) is 15.2 Å². The Morgan fingerprint density at radius 1 is 1.30 bits per heavy atom. The molecule has 0 spiro atoms. The number of ether oxygens (including phenoxy) is 1. The van der Waals surface area contributed by atoms with Gasteiger partial charge in [-0.1, -0.05) is 46.6 Å². The van der Waals surface area contributed by atoms with Crippen LogP contribution in [0.4, 0.5) is 0 Å². The summed E-state index contributed by atoms with van der Waals surface area (Å²) in [5.74, 6) is 0.765. The molecule has 1 aliphatic heterocycles. The van der Waals surface area contributed by atoms with E-state index in [9.17, 15) is 0 Å². The van der Waals surface area contributed by atoms with Gasteiger partial charge in [-0.15, -0.1) is 10.1 Å². The summed E-state index contributed by atoms with van der Waals surface area (Å²) in [6.45, 7) is 0.669. The molecule has 0 aliphatic carbocycles. The predicted molar refractivity (Wildman–Crippen MR) is 108 cm³/mol. The highest BCUT2D eigenvalue weighted by Crippen LogP contribution is 2.30. The van der Waals surface area contributed by atoms with Crippen molar-refractivity contribution in [3.63, 3.8) is 0 Å². The van der Waals surface area contributed by atoms with E-state index in [-0.39, 0.29) is 12.6 Å². The highest BCUT2D eigenvalue weighted by Gasteiger charge is 2.29. The lowest BCUT2D eigenvalue weighted by atomic mass is 10.0. The van der Waals surface area contributed by atoms with Crippen molar-refractivity contribution in [1.29, 1.82) is 0 Å². The number of aromatic nitrogens is 3. The molecule has 1 aliphatic rings. The first-order chi connectivity index (χ1) is 14.5. The highest BCUT2D eigenvalue weighted by molar-refractivity contribution is 6.42. The minimum atomic E-state index is -1.50. The number of hydrogen-bond acceptors (Lipinski definition) is 7. The van der Waals surface area contributed by atoms with Gasteiger partial charge < -0.3 is 14.8 Å². The molecule has 12 heteroatoms. The first-order valence-electron chi connectivity index (χ1n) is 8.49. The lowest BCUT2D eigenvalue weighted by molar-refractivity contribution is -0.742. The Balaban J connectivity index is 0.000000589. The fraction of sp³-hybridized carbons (Fsp3) is 0.167. The maximum atomic E-state index is 8.36. The van der Waals surface area contributed by atoms with Gasteiger partial charge in [-0.2, -0.15) is 5.10 Å². The summed E-state index contributed by atoms with van der Waals surface area (Å²) in [5.41, 5.74) is 2.48. The normalized spacial score (nSPS) is 16.1. The van der Waals surface area contributed by atoms with Gasteiger partial charge in [0.05, 0.1) is 10.0 Å². The predicted octanol–water partition coefficient (Wildman–Crippen LogP) is 3.79. The second kappa shape index (κ2) is 9.90. The van der Waals surface area contributed by atoms with Crippen molar-refractivity contribution in [2.75, 3.05) is 6.61 Å². The molecule has 2 heterocycles. The molecule has 1 unspecified atom stereocenters. The Morgan fingerprint density at radius 3 is 2.77 bits per heavy atom. The number of hydrogen-bond donors (Lipinski definition) is 1.